The molecule has 0 aromatic rings. The van der Waals surface area contributed by atoms with E-state index in [-0.39, 0.29) is 19.4 Å². The lowest BCUT2D eigenvalue weighted by Gasteiger charge is -2.20. The maximum absolute atomic E-state index is 12.6. The van der Waals surface area contributed by atoms with Crippen LogP contribution < -0.4 is 5.73 Å². The molecule has 0 aliphatic heterocycles. The average Bonchev–Trinajstić information content (AvgIpc) is 3.17. The van der Waals surface area contributed by atoms with Crippen molar-refractivity contribution in [3.05, 3.63) is 48.6 Å². The molecule has 11 nitrogen and oxygen atoms in total. The summed E-state index contributed by atoms with van der Waals surface area (Å²) in [6.45, 7) is 2.72. The molecule has 0 heterocycles. The third-order valence-electron chi connectivity index (χ3n) is 9.05. The second-order valence-corrected chi connectivity index (χ2v) is 15.9. The molecule has 0 saturated heterocycles. The van der Waals surface area contributed by atoms with E-state index in [1.165, 1.54) is 57.8 Å². The fourth-order valence-corrected chi connectivity index (χ4v) is 6.36. The van der Waals surface area contributed by atoms with Crippen LogP contribution in [0.2, 0.25) is 0 Å². The van der Waals surface area contributed by atoms with Gasteiger partial charge in [-0.25, -0.2) is 4.57 Å². The van der Waals surface area contributed by atoms with Crippen molar-refractivity contribution >= 4 is 25.7 Å². The zero-order valence-corrected chi connectivity index (χ0v) is 35.9. The highest BCUT2D eigenvalue weighted by Gasteiger charge is 2.28. The second kappa shape index (κ2) is 39.3. The van der Waals surface area contributed by atoms with Crippen LogP contribution >= 0.6 is 7.82 Å². The predicted molar refractivity (Wildman–Crippen MR) is 226 cm³/mol. The Morgan fingerprint density at radius 2 is 0.964 bits per heavy atom. The molecule has 324 valence electrons. The molecule has 4 N–H and O–H groups in total. The molecule has 3 atom stereocenters. The van der Waals surface area contributed by atoms with E-state index in [4.69, 9.17) is 24.8 Å². The lowest BCUT2D eigenvalue weighted by atomic mass is 10.1. The summed E-state index contributed by atoms with van der Waals surface area (Å²) < 4.78 is 32.7. The first-order valence-corrected chi connectivity index (χ1v) is 23.2. The molecule has 0 bridgehead atoms. The van der Waals surface area contributed by atoms with E-state index in [0.717, 1.165) is 83.5 Å². The van der Waals surface area contributed by atoms with Crippen LogP contribution in [0.3, 0.4) is 0 Å². The maximum atomic E-state index is 12.6. The predicted octanol–water partition coefficient (Wildman–Crippen LogP) is 11.4. The van der Waals surface area contributed by atoms with Crippen LogP contribution in [0.4, 0.5) is 0 Å². The van der Waals surface area contributed by atoms with Crippen molar-refractivity contribution in [2.75, 3.05) is 19.8 Å². The van der Waals surface area contributed by atoms with Crippen LogP contribution in [-0.2, 0) is 37.5 Å². The Hall–Kier alpha value is -2.56. The van der Waals surface area contributed by atoms with E-state index >= 15 is 0 Å². The van der Waals surface area contributed by atoms with Crippen molar-refractivity contribution in [2.24, 2.45) is 5.73 Å². The summed E-state index contributed by atoms with van der Waals surface area (Å²) >= 11 is 0. The van der Waals surface area contributed by atoms with Gasteiger partial charge in [-0.1, -0.05) is 146 Å². The van der Waals surface area contributed by atoms with Crippen LogP contribution in [0.1, 0.15) is 181 Å². The van der Waals surface area contributed by atoms with E-state index in [0.29, 0.717) is 12.8 Å². The summed E-state index contributed by atoms with van der Waals surface area (Å²) in [7, 11) is -4.72. The molecule has 0 aliphatic carbocycles. The standard InChI is InChI=1S/C44H78NO10P/c1-3-5-7-9-11-13-15-17-19-20-21-22-24-26-28-30-32-34-36-43(47)55-40(38-53-56(50,51)54-39-41(45)44(48)49)37-52-42(46)35-33-31-29-27-25-23-18-16-14-12-10-8-6-4-2/h10,12-13,15-16,18-20,40-41H,3-9,11,14,17,21-39,45H2,1-2H3,(H,48,49)(H,50,51)/b12-10-,15-13-,18-16-,20-19-. The zero-order valence-electron chi connectivity index (χ0n) is 35.0. The van der Waals surface area contributed by atoms with Gasteiger partial charge in [0.05, 0.1) is 13.2 Å². The van der Waals surface area contributed by atoms with Gasteiger partial charge < -0.3 is 25.2 Å². The monoisotopic (exact) mass is 812 g/mol. The fraction of sp³-hybridized carbons (Fsp3) is 0.750. The first-order chi connectivity index (χ1) is 27.1. The Kier molecular flexibility index (Phi) is 37.5. The van der Waals surface area contributed by atoms with Gasteiger partial charge in [0, 0.05) is 12.8 Å². The van der Waals surface area contributed by atoms with Crippen LogP contribution in [0.15, 0.2) is 48.6 Å². The molecule has 0 spiro atoms. The average molecular weight is 812 g/mol. The number of rotatable bonds is 40. The van der Waals surface area contributed by atoms with Crippen LogP contribution in [0, 0.1) is 0 Å². The summed E-state index contributed by atoms with van der Waals surface area (Å²) in [6, 6.07) is -1.53. The Labute approximate surface area is 339 Å². The van der Waals surface area contributed by atoms with Gasteiger partial charge in [0.2, 0.25) is 0 Å². The molecule has 0 radical (unpaired) electrons. The minimum absolute atomic E-state index is 0.148. The number of carbonyl (C=O) groups is 3. The number of hydrogen-bond donors (Lipinski definition) is 3. The second-order valence-electron chi connectivity index (χ2n) is 14.5. The fourth-order valence-electron chi connectivity index (χ4n) is 5.58. The summed E-state index contributed by atoms with van der Waals surface area (Å²) in [5.41, 5.74) is 5.33. The molecule has 3 unspecified atom stereocenters. The molecular formula is C44H78NO10P. The van der Waals surface area contributed by atoms with E-state index < -0.39 is 51.1 Å². The van der Waals surface area contributed by atoms with Crippen LogP contribution in [-0.4, -0.2) is 59.9 Å². The van der Waals surface area contributed by atoms with Crippen LogP contribution in [0.25, 0.3) is 0 Å². The largest absolute Gasteiger partial charge is 0.480 e. The van der Waals surface area contributed by atoms with E-state index in [9.17, 15) is 23.8 Å². The molecule has 0 aromatic carbocycles. The van der Waals surface area contributed by atoms with Crippen molar-refractivity contribution in [1.82, 2.24) is 0 Å². The molecule has 56 heavy (non-hydrogen) atoms. The molecule has 0 aliphatic rings. The van der Waals surface area contributed by atoms with E-state index in [2.05, 4.69) is 67.0 Å². The summed E-state index contributed by atoms with van der Waals surface area (Å²) in [4.78, 5) is 45.9. The number of phosphoric acid groups is 1. The maximum Gasteiger partial charge on any atom is 0.472 e. The highest BCUT2D eigenvalue weighted by molar-refractivity contribution is 7.47. The highest BCUT2D eigenvalue weighted by atomic mass is 31.2. The Balaban J connectivity index is 4.40. The Morgan fingerprint density at radius 3 is 1.45 bits per heavy atom. The van der Waals surface area contributed by atoms with Gasteiger partial charge in [0.25, 0.3) is 0 Å². The van der Waals surface area contributed by atoms with Gasteiger partial charge in [-0.05, 0) is 70.6 Å². The van der Waals surface area contributed by atoms with E-state index in [1.54, 1.807) is 0 Å². The molecular weight excluding hydrogens is 733 g/mol. The number of esters is 2. The first kappa shape index (κ1) is 53.4. The zero-order chi connectivity index (χ0) is 41.4. The van der Waals surface area contributed by atoms with Crippen molar-refractivity contribution in [2.45, 2.75) is 193 Å². The summed E-state index contributed by atoms with van der Waals surface area (Å²) in [5, 5.41) is 8.88. The lowest BCUT2D eigenvalue weighted by Crippen LogP contribution is -2.34. The number of allylic oxidation sites excluding steroid dienone is 8. The number of carbonyl (C=O) groups excluding carboxylic acids is 2. The van der Waals surface area contributed by atoms with E-state index in [1.807, 2.05) is 0 Å². The van der Waals surface area contributed by atoms with Crippen molar-refractivity contribution in [3.8, 4) is 0 Å². The summed E-state index contributed by atoms with van der Waals surface area (Å²) in [6.07, 6.45) is 43.1. The third kappa shape index (κ3) is 38.3. The Morgan fingerprint density at radius 1 is 0.554 bits per heavy atom. The molecule has 0 rings (SSSR count). The van der Waals surface area contributed by atoms with Gasteiger partial charge in [0.15, 0.2) is 6.10 Å². The summed E-state index contributed by atoms with van der Waals surface area (Å²) in [5.74, 6) is -2.41. The van der Waals surface area contributed by atoms with Gasteiger partial charge >= 0.3 is 25.7 Å². The topological polar surface area (TPSA) is 172 Å². The normalized spacial score (nSPS) is 14.2. The number of nitrogens with two attached hydrogens (primary N) is 1. The van der Waals surface area contributed by atoms with Crippen LogP contribution in [0.5, 0.6) is 0 Å². The van der Waals surface area contributed by atoms with Gasteiger partial charge in [0.1, 0.15) is 12.6 Å². The van der Waals surface area contributed by atoms with Gasteiger partial charge in [-0.3, -0.25) is 23.4 Å². The molecule has 0 fully saturated rings. The van der Waals surface area contributed by atoms with Gasteiger partial charge in [-0.15, -0.1) is 0 Å². The molecule has 0 aromatic heterocycles. The smallest absolute Gasteiger partial charge is 0.472 e. The molecule has 0 amide bonds. The highest BCUT2D eigenvalue weighted by Crippen LogP contribution is 2.43. The van der Waals surface area contributed by atoms with Crippen molar-refractivity contribution in [3.63, 3.8) is 0 Å². The minimum atomic E-state index is -4.72. The number of hydrogen-bond acceptors (Lipinski definition) is 9. The third-order valence-corrected chi connectivity index (χ3v) is 10.0. The van der Waals surface area contributed by atoms with Gasteiger partial charge in [-0.2, -0.15) is 0 Å². The SMILES string of the molecule is CCCC/C=C\C/C=C\CCCCCCCC(=O)OCC(COP(=O)(O)OCC(N)C(=O)O)OC(=O)CCCCCCCCC/C=C\C/C=C\CCCCCC. The number of phosphoric ester groups is 1. The molecule has 0 saturated carbocycles. The minimum Gasteiger partial charge on any atom is -0.480 e. The Bertz CT molecular complexity index is 1140. The number of carboxylic acids is 1. The lowest BCUT2D eigenvalue weighted by molar-refractivity contribution is -0.161. The quantitative estimate of drug-likeness (QED) is 0.0233. The van der Waals surface area contributed by atoms with Crippen molar-refractivity contribution < 1.29 is 47.5 Å². The van der Waals surface area contributed by atoms with Crippen molar-refractivity contribution in [1.29, 1.82) is 0 Å². The number of ether oxygens (including phenoxy) is 2. The number of unbranched alkanes of at least 4 members (excludes halogenated alkanes) is 18. The number of aliphatic carboxylic acids is 1. The first-order valence-electron chi connectivity index (χ1n) is 21.7. The number of carboxylic acid groups (broad SMARTS) is 1. The molecule has 12 heteroatoms.